The number of nitro benzene ring substituents is 1. The Kier molecular flexibility index (Phi) is 7.62. The van der Waals surface area contributed by atoms with Crippen molar-refractivity contribution >= 4 is 63.0 Å². The standard InChI is InChI=1S/C19H16ClN5O5S2/c1-10-12(4-3-5-14(10)25(28)29)17(27)22-18-23-24-19(32-18)31-9-16(26)21-13-8-11(20)6-7-15(13)30-2/h3-8H,9H2,1-2H3,(H,21,26)(H,22,23,27). The smallest absolute Gasteiger partial charge is 0.273 e. The van der Waals surface area contributed by atoms with Crippen molar-refractivity contribution in [1.29, 1.82) is 0 Å². The first-order chi connectivity index (χ1) is 15.3. The molecule has 1 heterocycles. The fourth-order valence-corrected chi connectivity index (χ4v) is 4.36. The quantitative estimate of drug-likeness (QED) is 0.204. The molecule has 0 atom stereocenters. The number of benzene rings is 2. The van der Waals surface area contributed by atoms with E-state index in [0.29, 0.717) is 20.8 Å². The third kappa shape index (κ3) is 5.72. The van der Waals surface area contributed by atoms with E-state index in [1.165, 1.54) is 32.2 Å². The van der Waals surface area contributed by atoms with Crippen LogP contribution < -0.4 is 15.4 Å². The zero-order chi connectivity index (χ0) is 23.3. The predicted molar refractivity (Wildman–Crippen MR) is 123 cm³/mol. The fourth-order valence-electron chi connectivity index (χ4n) is 2.64. The summed E-state index contributed by atoms with van der Waals surface area (Å²) in [6.45, 7) is 1.50. The number of rotatable bonds is 8. The van der Waals surface area contributed by atoms with Crippen molar-refractivity contribution in [1.82, 2.24) is 10.2 Å². The van der Waals surface area contributed by atoms with E-state index < -0.39 is 10.8 Å². The summed E-state index contributed by atoms with van der Waals surface area (Å²) in [6, 6.07) is 9.13. The molecule has 0 bridgehead atoms. The molecule has 2 aromatic carbocycles. The van der Waals surface area contributed by atoms with Gasteiger partial charge >= 0.3 is 0 Å². The van der Waals surface area contributed by atoms with Gasteiger partial charge in [-0.3, -0.25) is 25.0 Å². The van der Waals surface area contributed by atoms with Gasteiger partial charge in [-0.2, -0.15) is 0 Å². The van der Waals surface area contributed by atoms with Crippen molar-refractivity contribution in [3.05, 3.63) is 62.7 Å². The van der Waals surface area contributed by atoms with Crippen molar-refractivity contribution in [2.75, 3.05) is 23.5 Å². The Morgan fingerprint density at radius 1 is 1.25 bits per heavy atom. The molecule has 10 nitrogen and oxygen atoms in total. The van der Waals surface area contributed by atoms with Crippen molar-refractivity contribution in [3.8, 4) is 5.75 Å². The van der Waals surface area contributed by atoms with Crippen LogP contribution in [-0.4, -0.2) is 39.8 Å². The van der Waals surface area contributed by atoms with Crippen LogP contribution in [0.25, 0.3) is 0 Å². The van der Waals surface area contributed by atoms with Crippen LogP contribution in [0.5, 0.6) is 5.75 Å². The maximum Gasteiger partial charge on any atom is 0.273 e. The molecule has 0 aliphatic carbocycles. The van der Waals surface area contributed by atoms with Crippen molar-refractivity contribution in [2.24, 2.45) is 0 Å². The summed E-state index contributed by atoms with van der Waals surface area (Å²) in [5, 5.41) is 24.8. The van der Waals surface area contributed by atoms with E-state index in [9.17, 15) is 19.7 Å². The van der Waals surface area contributed by atoms with Gasteiger partial charge < -0.3 is 10.1 Å². The largest absolute Gasteiger partial charge is 0.495 e. The van der Waals surface area contributed by atoms with Crippen LogP contribution in [0.2, 0.25) is 5.02 Å². The Labute approximate surface area is 195 Å². The van der Waals surface area contributed by atoms with Gasteiger partial charge in [-0.15, -0.1) is 10.2 Å². The van der Waals surface area contributed by atoms with Gasteiger partial charge in [0, 0.05) is 22.2 Å². The minimum atomic E-state index is -0.546. The number of nitro groups is 1. The normalized spacial score (nSPS) is 10.5. The minimum Gasteiger partial charge on any atom is -0.495 e. The highest BCUT2D eigenvalue weighted by molar-refractivity contribution is 8.01. The van der Waals surface area contributed by atoms with Gasteiger partial charge in [0.25, 0.3) is 11.6 Å². The number of carbonyl (C=O) groups excluding carboxylic acids is 2. The molecule has 166 valence electrons. The first-order valence-corrected chi connectivity index (χ1v) is 11.1. The minimum absolute atomic E-state index is 0.0439. The molecule has 1 aromatic heterocycles. The molecule has 0 aliphatic rings. The molecule has 3 aromatic rings. The molecule has 0 saturated heterocycles. The molecule has 0 radical (unpaired) electrons. The summed E-state index contributed by atoms with van der Waals surface area (Å²) in [6.07, 6.45) is 0. The number of anilines is 2. The maximum absolute atomic E-state index is 12.5. The number of nitrogens with zero attached hydrogens (tertiary/aromatic N) is 3. The van der Waals surface area contributed by atoms with Crippen LogP contribution in [0.15, 0.2) is 40.7 Å². The number of nitrogens with one attached hydrogen (secondary N) is 2. The lowest BCUT2D eigenvalue weighted by atomic mass is 10.1. The van der Waals surface area contributed by atoms with Gasteiger partial charge in [0.15, 0.2) is 4.34 Å². The maximum atomic E-state index is 12.5. The number of thioether (sulfide) groups is 1. The van der Waals surface area contributed by atoms with Crippen LogP contribution >= 0.6 is 34.7 Å². The second-order valence-electron chi connectivity index (χ2n) is 6.22. The molecular formula is C19H16ClN5O5S2. The summed E-state index contributed by atoms with van der Waals surface area (Å²) in [5.41, 5.74) is 0.720. The summed E-state index contributed by atoms with van der Waals surface area (Å²) >= 11 is 8.17. The van der Waals surface area contributed by atoms with Gasteiger partial charge in [-0.05, 0) is 31.2 Å². The monoisotopic (exact) mass is 493 g/mol. The lowest BCUT2D eigenvalue weighted by Gasteiger charge is -2.09. The zero-order valence-electron chi connectivity index (χ0n) is 16.7. The first-order valence-electron chi connectivity index (χ1n) is 8.93. The van der Waals surface area contributed by atoms with Gasteiger partial charge in [-0.25, -0.2) is 0 Å². The van der Waals surface area contributed by atoms with Gasteiger partial charge in [0.2, 0.25) is 11.0 Å². The van der Waals surface area contributed by atoms with Crippen molar-refractivity contribution < 1.29 is 19.2 Å². The molecule has 2 amide bonds. The predicted octanol–water partition coefficient (Wildman–Crippen LogP) is 4.40. The molecule has 0 unspecified atom stereocenters. The molecule has 13 heteroatoms. The molecule has 0 spiro atoms. The highest BCUT2D eigenvalue weighted by Crippen LogP contribution is 2.30. The van der Waals surface area contributed by atoms with Crippen LogP contribution in [0, 0.1) is 17.0 Å². The molecule has 0 aliphatic heterocycles. The van der Waals surface area contributed by atoms with E-state index in [2.05, 4.69) is 20.8 Å². The zero-order valence-corrected chi connectivity index (χ0v) is 19.1. The fraction of sp³-hybridized carbons (Fsp3) is 0.158. The second-order valence-corrected chi connectivity index (χ2v) is 8.85. The average Bonchev–Trinajstić information content (AvgIpc) is 3.19. The van der Waals surface area contributed by atoms with Crippen LogP contribution in [-0.2, 0) is 4.79 Å². The summed E-state index contributed by atoms with van der Waals surface area (Å²) in [7, 11) is 1.49. The highest BCUT2D eigenvalue weighted by atomic mass is 35.5. The third-order valence-corrected chi connectivity index (χ3v) is 6.34. The van der Waals surface area contributed by atoms with Crippen molar-refractivity contribution in [2.45, 2.75) is 11.3 Å². The lowest BCUT2D eigenvalue weighted by Crippen LogP contribution is -2.14. The first kappa shape index (κ1) is 23.4. The van der Waals surface area contributed by atoms with E-state index in [1.54, 1.807) is 18.2 Å². The van der Waals surface area contributed by atoms with E-state index in [4.69, 9.17) is 16.3 Å². The third-order valence-electron chi connectivity index (χ3n) is 4.14. The van der Waals surface area contributed by atoms with Crippen LogP contribution in [0.3, 0.4) is 0 Å². The molecule has 0 saturated carbocycles. The van der Waals surface area contributed by atoms with Gasteiger partial charge in [0.05, 0.1) is 23.5 Å². The Morgan fingerprint density at radius 3 is 2.75 bits per heavy atom. The summed E-state index contributed by atoms with van der Waals surface area (Å²) in [4.78, 5) is 35.3. The van der Waals surface area contributed by atoms with E-state index >= 15 is 0 Å². The van der Waals surface area contributed by atoms with E-state index in [1.807, 2.05) is 0 Å². The number of ether oxygens (including phenoxy) is 1. The van der Waals surface area contributed by atoms with Gasteiger partial charge in [-0.1, -0.05) is 40.8 Å². The molecule has 0 fully saturated rings. The molecule has 32 heavy (non-hydrogen) atoms. The highest BCUT2D eigenvalue weighted by Gasteiger charge is 2.19. The molecule has 3 rings (SSSR count). The number of carbonyl (C=O) groups is 2. The number of amides is 2. The number of halogens is 1. The number of aromatic nitrogens is 2. The van der Waals surface area contributed by atoms with Crippen LogP contribution in [0.4, 0.5) is 16.5 Å². The summed E-state index contributed by atoms with van der Waals surface area (Å²) < 4.78 is 5.65. The lowest BCUT2D eigenvalue weighted by molar-refractivity contribution is -0.385. The Balaban J connectivity index is 1.59. The topological polar surface area (TPSA) is 136 Å². The van der Waals surface area contributed by atoms with E-state index in [0.717, 1.165) is 23.1 Å². The van der Waals surface area contributed by atoms with Crippen LogP contribution in [0.1, 0.15) is 15.9 Å². The SMILES string of the molecule is COc1ccc(Cl)cc1NC(=O)CSc1nnc(NC(=O)c2cccc([N+](=O)[O-])c2C)s1. The summed E-state index contributed by atoms with van der Waals surface area (Å²) in [5.74, 6) is -0.319. The second kappa shape index (κ2) is 10.4. The number of methoxy groups -OCH3 is 1. The Morgan fingerprint density at radius 2 is 2.03 bits per heavy atom. The van der Waals surface area contributed by atoms with Gasteiger partial charge in [0.1, 0.15) is 5.75 Å². The Bertz CT molecular complexity index is 1190. The molecular weight excluding hydrogens is 478 g/mol. The Hall–Kier alpha value is -3.22. The number of hydrogen-bond acceptors (Lipinski definition) is 9. The van der Waals surface area contributed by atoms with Crippen molar-refractivity contribution in [3.63, 3.8) is 0 Å². The molecule has 2 N–H and O–H groups in total. The average molecular weight is 494 g/mol. The number of hydrogen-bond donors (Lipinski definition) is 2. The van der Waals surface area contributed by atoms with E-state index in [-0.39, 0.29) is 33.6 Å².